The van der Waals surface area contributed by atoms with E-state index in [1.54, 1.807) is 11.3 Å². The van der Waals surface area contributed by atoms with Crippen LogP contribution in [0.1, 0.15) is 24.0 Å². The lowest BCUT2D eigenvalue weighted by atomic mass is 10.3. The highest BCUT2D eigenvalue weighted by Crippen LogP contribution is 2.28. The summed E-state index contributed by atoms with van der Waals surface area (Å²) in [6.45, 7) is 4.88. The normalized spacial score (nSPS) is 11.9. The predicted molar refractivity (Wildman–Crippen MR) is 79.5 cm³/mol. The van der Waals surface area contributed by atoms with E-state index in [0.29, 0.717) is 5.82 Å². The van der Waals surface area contributed by atoms with Gasteiger partial charge < -0.3 is 5.32 Å². The molecule has 104 valence electrons. The Morgan fingerprint density at radius 2 is 2.11 bits per heavy atom. The minimum absolute atomic E-state index is 0.124. The van der Waals surface area contributed by atoms with Crippen molar-refractivity contribution in [2.45, 2.75) is 26.0 Å². The van der Waals surface area contributed by atoms with Gasteiger partial charge in [-0.25, -0.2) is 18.4 Å². The Morgan fingerprint density at radius 1 is 1.37 bits per heavy atom. The van der Waals surface area contributed by atoms with Crippen LogP contribution in [0.3, 0.4) is 0 Å². The largest absolute Gasteiger partial charge is 0.369 e. The van der Waals surface area contributed by atoms with Crippen LogP contribution in [0.2, 0.25) is 0 Å². The Kier molecular flexibility index (Phi) is 4.05. The van der Waals surface area contributed by atoms with Crippen molar-refractivity contribution in [3.63, 3.8) is 0 Å². The molecule has 2 aromatic rings. The molecule has 1 N–H and O–H groups in total. The quantitative estimate of drug-likeness (QED) is 0.917. The Morgan fingerprint density at radius 3 is 2.74 bits per heavy atom. The van der Waals surface area contributed by atoms with Crippen molar-refractivity contribution < 1.29 is 8.42 Å². The molecule has 0 amide bonds. The van der Waals surface area contributed by atoms with E-state index >= 15 is 0 Å². The second-order valence-electron chi connectivity index (χ2n) is 4.56. The van der Waals surface area contributed by atoms with E-state index in [-0.39, 0.29) is 5.75 Å². The fraction of sp³-hybridized carbons (Fsp3) is 0.500. The van der Waals surface area contributed by atoms with E-state index in [0.717, 1.165) is 33.9 Å². The summed E-state index contributed by atoms with van der Waals surface area (Å²) in [7, 11) is -3.12. The van der Waals surface area contributed by atoms with Crippen LogP contribution in [0.15, 0.2) is 6.07 Å². The van der Waals surface area contributed by atoms with Crippen LogP contribution in [-0.2, 0) is 15.6 Å². The van der Waals surface area contributed by atoms with Crippen molar-refractivity contribution in [1.82, 2.24) is 9.97 Å². The van der Waals surface area contributed by atoms with Gasteiger partial charge in [0, 0.05) is 17.7 Å². The van der Waals surface area contributed by atoms with Gasteiger partial charge in [0.1, 0.15) is 22.2 Å². The van der Waals surface area contributed by atoms with Gasteiger partial charge in [0.2, 0.25) is 0 Å². The molecule has 0 saturated heterocycles. The summed E-state index contributed by atoms with van der Waals surface area (Å²) >= 11 is 1.55. The average Bonchev–Trinajstić information content (AvgIpc) is 2.64. The molecule has 0 spiro atoms. The standard InChI is InChI=1S/C12H17N3O2S2/c1-4-5-13-11-9-6-8(2)18-12(9)15-10(14-11)7-19(3,16)17/h6H,4-5,7H2,1-3H3,(H,13,14,15). The highest BCUT2D eigenvalue weighted by molar-refractivity contribution is 7.89. The van der Waals surface area contributed by atoms with Crippen LogP contribution in [0.25, 0.3) is 10.2 Å². The fourth-order valence-corrected chi connectivity index (χ4v) is 3.26. The van der Waals surface area contributed by atoms with E-state index in [1.165, 1.54) is 6.26 Å². The summed E-state index contributed by atoms with van der Waals surface area (Å²) in [4.78, 5) is 10.7. The lowest BCUT2D eigenvalue weighted by Crippen LogP contribution is -2.09. The van der Waals surface area contributed by atoms with Crippen molar-refractivity contribution in [3.8, 4) is 0 Å². The number of rotatable bonds is 5. The first-order chi connectivity index (χ1) is 8.89. The molecular formula is C12H17N3O2S2. The van der Waals surface area contributed by atoms with Gasteiger partial charge in [0.15, 0.2) is 9.84 Å². The molecule has 0 bridgehead atoms. The van der Waals surface area contributed by atoms with Gasteiger partial charge in [0.05, 0.1) is 5.39 Å². The molecule has 0 fully saturated rings. The number of nitrogens with zero attached hydrogens (tertiary/aromatic N) is 2. The van der Waals surface area contributed by atoms with Crippen molar-refractivity contribution in [3.05, 3.63) is 16.8 Å². The molecule has 0 aliphatic heterocycles. The zero-order valence-corrected chi connectivity index (χ0v) is 12.9. The van der Waals surface area contributed by atoms with Gasteiger partial charge >= 0.3 is 0 Å². The minimum Gasteiger partial charge on any atom is -0.369 e. The second kappa shape index (κ2) is 5.42. The Hall–Kier alpha value is -1.21. The van der Waals surface area contributed by atoms with Crippen LogP contribution in [0, 0.1) is 6.92 Å². The summed E-state index contributed by atoms with van der Waals surface area (Å²) < 4.78 is 22.7. The number of aryl methyl sites for hydroxylation is 1. The van der Waals surface area contributed by atoms with E-state index in [1.807, 2.05) is 13.0 Å². The monoisotopic (exact) mass is 299 g/mol. The van der Waals surface area contributed by atoms with Crippen molar-refractivity contribution in [2.75, 3.05) is 18.1 Å². The summed E-state index contributed by atoms with van der Waals surface area (Å²) in [5.74, 6) is 0.964. The van der Waals surface area contributed by atoms with Crippen LogP contribution < -0.4 is 5.32 Å². The molecular weight excluding hydrogens is 282 g/mol. The highest BCUT2D eigenvalue weighted by atomic mass is 32.2. The van der Waals surface area contributed by atoms with Crippen molar-refractivity contribution in [1.29, 1.82) is 0 Å². The second-order valence-corrected chi connectivity index (χ2v) is 7.94. The number of hydrogen-bond donors (Lipinski definition) is 1. The number of aromatic nitrogens is 2. The third kappa shape index (κ3) is 3.63. The first kappa shape index (κ1) is 14.2. The van der Waals surface area contributed by atoms with E-state index < -0.39 is 9.84 Å². The molecule has 0 radical (unpaired) electrons. The molecule has 7 heteroatoms. The SMILES string of the molecule is CCCNc1nc(CS(C)(=O)=O)nc2sc(C)cc12. The molecule has 5 nitrogen and oxygen atoms in total. The third-order valence-electron chi connectivity index (χ3n) is 2.50. The Labute approximate surface area is 117 Å². The topological polar surface area (TPSA) is 72.0 Å². The first-order valence-electron chi connectivity index (χ1n) is 6.07. The lowest BCUT2D eigenvalue weighted by molar-refractivity contribution is 0.600. The molecule has 0 aliphatic carbocycles. The molecule has 2 rings (SSSR count). The zero-order valence-electron chi connectivity index (χ0n) is 11.2. The summed E-state index contributed by atoms with van der Waals surface area (Å²) in [6, 6.07) is 2.03. The molecule has 0 unspecified atom stereocenters. The Balaban J connectivity index is 2.49. The van der Waals surface area contributed by atoms with E-state index in [4.69, 9.17) is 0 Å². The van der Waals surface area contributed by atoms with E-state index in [2.05, 4.69) is 22.2 Å². The van der Waals surface area contributed by atoms with Gasteiger partial charge in [-0.15, -0.1) is 11.3 Å². The maximum Gasteiger partial charge on any atom is 0.154 e. The third-order valence-corrected chi connectivity index (χ3v) is 4.22. The molecule has 19 heavy (non-hydrogen) atoms. The summed E-state index contributed by atoms with van der Waals surface area (Å²) in [5.41, 5.74) is 0. The summed E-state index contributed by atoms with van der Waals surface area (Å²) in [6.07, 6.45) is 2.18. The average molecular weight is 299 g/mol. The minimum atomic E-state index is -3.12. The number of anilines is 1. The van der Waals surface area contributed by atoms with Gasteiger partial charge in [-0.1, -0.05) is 6.92 Å². The zero-order chi connectivity index (χ0) is 14.0. The molecule has 0 saturated carbocycles. The molecule has 2 heterocycles. The Bertz CT molecular complexity index is 692. The van der Waals surface area contributed by atoms with Crippen molar-refractivity contribution >= 4 is 37.2 Å². The molecule has 0 atom stereocenters. The van der Waals surface area contributed by atoms with Gasteiger partial charge in [-0.05, 0) is 19.4 Å². The molecule has 0 aromatic carbocycles. The van der Waals surface area contributed by atoms with Crippen LogP contribution >= 0.6 is 11.3 Å². The number of fused-ring (bicyclic) bond motifs is 1. The van der Waals surface area contributed by atoms with E-state index in [9.17, 15) is 8.42 Å². The number of thiophene rings is 1. The van der Waals surface area contributed by atoms with Gasteiger partial charge in [-0.3, -0.25) is 0 Å². The highest BCUT2D eigenvalue weighted by Gasteiger charge is 2.13. The number of hydrogen-bond acceptors (Lipinski definition) is 6. The number of sulfone groups is 1. The lowest BCUT2D eigenvalue weighted by Gasteiger charge is -2.07. The first-order valence-corrected chi connectivity index (χ1v) is 8.95. The van der Waals surface area contributed by atoms with Crippen LogP contribution in [-0.4, -0.2) is 31.2 Å². The molecule has 2 aromatic heterocycles. The maximum absolute atomic E-state index is 11.4. The van der Waals surface area contributed by atoms with Gasteiger partial charge in [-0.2, -0.15) is 0 Å². The smallest absolute Gasteiger partial charge is 0.154 e. The maximum atomic E-state index is 11.4. The number of nitrogens with one attached hydrogen (secondary N) is 1. The van der Waals surface area contributed by atoms with Crippen LogP contribution in [0.4, 0.5) is 5.82 Å². The fourth-order valence-electron chi connectivity index (χ4n) is 1.76. The van der Waals surface area contributed by atoms with Crippen molar-refractivity contribution in [2.24, 2.45) is 0 Å². The predicted octanol–water partition coefficient (Wildman–Crippen LogP) is 2.37. The molecule has 0 aliphatic rings. The summed E-state index contributed by atoms with van der Waals surface area (Å²) in [5, 5.41) is 4.20. The van der Waals surface area contributed by atoms with Crippen LogP contribution in [0.5, 0.6) is 0 Å². The van der Waals surface area contributed by atoms with Gasteiger partial charge in [0.25, 0.3) is 0 Å².